The number of halogens is 2. The molecule has 1 aliphatic heterocycles. The topological polar surface area (TPSA) is 69.6 Å². The van der Waals surface area contributed by atoms with Crippen LogP contribution in [0.2, 0.25) is 0 Å². The fourth-order valence-corrected chi connectivity index (χ4v) is 4.17. The summed E-state index contributed by atoms with van der Waals surface area (Å²) in [5.74, 6) is -1.35. The Balaban J connectivity index is 2.15. The highest BCUT2D eigenvalue weighted by molar-refractivity contribution is 9.11. The minimum absolute atomic E-state index is 0.281. The van der Waals surface area contributed by atoms with E-state index in [0.717, 1.165) is 14.5 Å². The van der Waals surface area contributed by atoms with Crippen LogP contribution < -0.4 is 5.32 Å². The van der Waals surface area contributed by atoms with Gasteiger partial charge in [-0.25, -0.2) is 4.79 Å². The van der Waals surface area contributed by atoms with Crippen molar-refractivity contribution in [1.29, 1.82) is 0 Å². The van der Waals surface area contributed by atoms with Gasteiger partial charge in [0.1, 0.15) is 0 Å². The summed E-state index contributed by atoms with van der Waals surface area (Å²) < 4.78 is 1.56. The second-order valence-corrected chi connectivity index (χ2v) is 6.91. The van der Waals surface area contributed by atoms with Gasteiger partial charge >= 0.3 is 12.0 Å². The summed E-state index contributed by atoms with van der Waals surface area (Å²) in [6.07, 6.45) is 0.486. The maximum atomic E-state index is 12.4. The van der Waals surface area contributed by atoms with Gasteiger partial charge in [0.2, 0.25) is 0 Å². The van der Waals surface area contributed by atoms with Gasteiger partial charge in [-0.1, -0.05) is 0 Å². The first-order valence-electron chi connectivity index (χ1n) is 6.57. The number of hydrogen-bond acceptors (Lipinski definition) is 2. The average molecular weight is 420 g/mol. The molecule has 0 saturated carbocycles. The lowest BCUT2D eigenvalue weighted by molar-refractivity contribution is -0.142. The van der Waals surface area contributed by atoms with Crippen LogP contribution in [0.4, 0.5) is 10.5 Å². The van der Waals surface area contributed by atoms with Crippen molar-refractivity contribution in [3.05, 3.63) is 26.6 Å². The molecule has 1 aliphatic rings. The smallest absolute Gasteiger partial charge is 0.322 e. The quantitative estimate of drug-likeness (QED) is 0.764. The van der Waals surface area contributed by atoms with Crippen LogP contribution in [0.5, 0.6) is 0 Å². The number of urea groups is 1. The predicted octanol–water partition coefficient (Wildman–Crippen LogP) is 3.85. The van der Waals surface area contributed by atoms with E-state index in [1.807, 2.05) is 19.1 Å². The molecule has 2 rings (SSSR count). The number of carboxylic acid groups (broad SMARTS) is 1. The summed E-state index contributed by atoms with van der Waals surface area (Å²) in [4.78, 5) is 25.0. The third kappa shape index (κ3) is 3.40. The highest BCUT2D eigenvalue weighted by Crippen LogP contribution is 2.33. The number of anilines is 1. The van der Waals surface area contributed by atoms with E-state index in [2.05, 4.69) is 37.2 Å². The van der Waals surface area contributed by atoms with Crippen molar-refractivity contribution in [2.45, 2.75) is 26.3 Å². The van der Waals surface area contributed by atoms with Crippen LogP contribution >= 0.6 is 31.9 Å². The number of nitrogens with one attached hydrogen (secondary N) is 1. The van der Waals surface area contributed by atoms with Gasteiger partial charge in [0.15, 0.2) is 0 Å². The minimum Gasteiger partial charge on any atom is -0.481 e. The molecule has 0 spiro atoms. The number of rotatable bonds is 2. The summed E-state index contributed by atoms with van der Waals surface area (Å²) in [6.45, 7) is 4.18. The number of benzene rings is 1. The van der Waals surface area contributed by atoms with Crippen LogP contribution in [-0.2, 0) is 4.79 Å². The molecule has 1 fully saturated rings. The van der Waals surface area contributed by atoms with Crippen molar-refractivity contribution < 1.29 is 14.7 Å². The largest absolute Gasteiger partial charge is 0.481 e. The fourth-order valence-electron chi connectivity index (χ4n) is 2.55. The first-order valence-corrected chi connectivity index (χ1v) is 8.16. The zero-order valence-corrected chi connectivity index (χ0v) is 14.9. The van der Waals surface area contributed by atoms with E-state index in [4.69, 9.17) is 5.11 Å². The molecule has 1 heterocycles. The van der Waals surface area contributed by atoms with Crippen LogP contribution in [0.1, 0.15) is 18.9 Å². The lowest BCUT2D eigenvalue weighted by atomic mass is 10.0. The van der Waals surface area contributed by atoms with E-state index in [9.17, 15) is 9.59 Å². The maximum absolute atomic E-state index is 12.4. The zero-order valence-electron chi connectivity index (χ0n) is 11.7. The van der Waals surface area contributed by atoms with Gasteiger partial charge in [-0.05, 0) is 69.8 Å². The Morgan fingerprint density at radius 2 is 1.90 bits per heavy atom. The van der Waals surface area contributed by atoms with Gasteiger partial charge < -0.3 is 15.3 Å². The molecule has 0 bridgehead atoms. The molecule has 2 N–H and O–H groups in total. The third-order valence-corrected chi connectivity index (χ3v) is 5.00. The van der Waals surface area contributed by atoms with Crippen molar-refractivity contribution in [2.75, 3.05) is 11.9 Å². The second-order valence-electron chi connectivity index (χ2n) is 5.20. The third-order valence-electron chi connectivity index (χ3n) is 3.75. The standard InChI is InChI=1S/C14H16Br2N2O3/c1-7-5-10(15)12(11(16)6-7)17-14(21)18-4-3-9(8(18)2)13(19)20/h5-6,8-9H,3-4H2,1-2H3,(H,17,21)(H,19,20). The molecular weight excluding hydrogens is 404 g/mol. The highest BCUT2D eigenvalue weighted by atomic mass is 79.9. The van der Waals surface area contributed by atoms with E-state index in [1.165, 1.54) is 0 Å². The van der Waals surface area contributed by atoms with Crippen LogP contribution in [-0.4, -0.2) is 34.6 Å². The normalized spacial score (nSPS) is 21.4. The van der Waals surface area contributed by atoms with Gasteiger partial charge in [-0.2, -0.15) is 0 Å². The number of carbonyl (C=O) groups is 2. The molecule has 0 aromatic heterocycles. The van der Waals surface area contributed by atoms with Crippen LogP contribution in [0, 0.1) is 12.8 Å². The molecule has 21 heavy (non-hydrogen) atoms. The molecule has 0 aliphatic carbocycles. The van der Waals surface area contributed by atoms with Crippen molar-refractivity contribution >= 4 is 49.5 Å². The Hall–Kier alpha value is -1.08. The molecule has 5 nitrogen and oxygen atoms in total. The molecule has 7 heteroatoms. The Morgan fingerprint density at radius 3 is 2.38 bits per heavy atom. The summed E-state index contributed by atoms with van der Waals surface area (Å²) in [6, 6.07) is 3.23. The number of carboxylic acids is 1. The molecule has 2 unspecified atom stereocenters. The van der Waals surface area contributed by atoms with Gasteiger partial charge in [0.25, 0.3) is 0 Å². The fraction of sp³-hybridized carbons (Fsp3) is 0.429. The lowest BCUT2D eigenvalue weighted by Crippen LogP contribution is -2.40. The summed E-state index contributed by atoms with van der Waals surface area (Å²) in [5.41, 5.74) is 1.71. The van der Waals surface area contributed by atoms with Gasteiger partial charge in [-0.3, -0.25) is 4.79 Å². The first-order chi connectivity index (χ1) is 9.81. The monoisotopic (exact) mass is 418 g/mol. The number of nitrogens with zero attached hydrogens (tertiary/aromatic N) is 1. The number of aryl methyl sites for hydroxylation is 1. The Kier molecular flexibility index (Phi) is 4.93. The first kappa shape index (κ1) is 16.3. The summed E-state index contributed by atoms with van der Waals surface area (Å²) in [5, 5.41) is 12.0. The lowest BCUT2D eigenvalue weighted by Gasteiger charge is -2.24. The Labute approximate surface area is 140 Å². The molecule has 1 aromatic rings. The zero-order chi connectivity index (χ0) is 15.7. The number of likely N-dealkylation sites (tertiary alicyclic amines) is 1. The minimum atomic E-state index is -0.851. The predicted molar refractivity (Wildman–Crippen MR) is 87.5 cm³/mol. The molecule has 2 amide bonds. The number of aliphatic carboxylic acids is 1. The van der Waals surface area contributed by atoms with E-state index in [-0.39, 0.29) is 12.1 Å². The number of hydrogen-bond donors (Lipinski definition) is 2. The molecular formula is C14H16Br2N2O3. The molecule has 0 radical (unpaired) electrons. The Bertz CT molecular complexity index is 569. The molecule has 114 valence electrons. The Morgan fingerprint density at radius 1 is 1.33 bits per heavy atom. The summed E-state index contributed by atoms with van der Waals surface area (Å²) >= 11 is 6.86. The summed E-state index contributed by atoms with van der Waals surface area (Å²) in [7, 11) is 0. The van der Waals surface area contributed by atoms with Crippen molar-refractivity contribution in [2.24, 2.45) is 5.92 Å². The van der Waals surface area contributed by atoms with E-state index in [0.29, 0.717) is 18.7 Å². The van der Waals surface area contributed by atoms with Crippen molar-refractivity contribution in [3.63, 3.8) is 0 Å². The number of carbonyl (C=O) groups excluding carboxylic acids is 1. The highest BCUT2D eigenvalue weighted by Gasteiger charge is 2.38. The van der Waals surface area contributed by atoms with E-state index in [1.54, 1.807) is 11.8 Å². The van der Waals surface area contributed by atoms with E-state index < -0.39 is 11.9 Å². The van der Waals surface area contributed by atoms with Crippen molar-refractivity contribution in [3.8, 4) is 0 Å². The SMILES string of the molecule is Cc1cc(Br)c(NC(=O)N2CCC(C(=O)O)C2C)c(Br)c1. The second kappa shape index (κ2) is 6.36. The number of amides is 2. The van der Waals surface area contributed by atoms with Crippen LogP contribution in [0.15, 0.2) is 21.1 Å². The maximum Gasteiger partial charge on any atom is 0.322 e. The molecule has 2 atom stereocenters. The average Bonchev–Trinajstić information content (AvgIpc) is 2.75. The van der Waals surface area contributed by atoms with Crippen LogP contribution in [0.3, 0.4) is 0 Å². The molecule has 1 aromatic carbocycles. The van der Waals surface area contributed by atoms with Crippen LogP contribution in [0.25, 0.3) is 0 Å². The van der Waals surface area contributed by atoms with Gasteiger partial charge in [0, 0.05) is 21.5 Å². The van der Waals surface area contributed by atoms with Gasteiger partial charge in [0.05, 0.1) is 11.6 Å². The molecule has 1 saturated heterocycles. The van der Waals surface area contributed by atoms with Crippen molar-refractivity contribution in [1.82, 2.24) is 4.90 Å². The van der Waals surface area contributed by atoms with E-state index >= 15 is 0 Å². The van der Waals surface area contributed by atoms with Gasteiger partial charge in [-0.15, -0.1) is 0 Å².